The highest BCUT2D eigenvalue weighted by molar-refractivity contribution is 5.95. The summed E-state index contributed by atoms with van der Waals surface area (Å²) < 4.78 is 79.3. The maximum Gasteiger partial charge on any atom is 0.418 e. The van der Waals surface area contributed by atoms with Gasteiger partial charge >= 0.3 is 12.4 Å². The number of pyridine rings is 1. The molecule has 0 aliphatic heterocycles. The van der Waals surface area contributed by atoms with Crippen LogP contribution < -0.4 is 5.32 Å². The predicted molar refractivity (Wildman–Crippen MR) is 96.8 cm³/mol. The van der Waals surface area contributed by atoms with Crippen LogP contribution in [0.1, 0.15) is 44.5 Å². The number of aryl methyl sites for hydroxylation is 1. The molecule has 3 rings (SSSR count). The van der Waals surface area contributed by atoms with E-state index in [2.05, 4.69) is 20.3 Å². The van der Waals surface area contributed by atoms with Crippen LogP contribution in [0.2, 0.25) is 0 Å². The van der Waals surface area contributed by atoms with Gasteiger partial charge in [0.2, 0.25) is 0 Å². The number of aromatic nitrogens is 3. The Morgan fingerprint density at radius 2 is 1.65 bits per heavy atom. The molecule has 31 heavy (non-hydrogen) atoms. The van der Waals surface area contributed by atoms with E-state index in [9.17, 15) is 31.1 Å². The third-order valence-electron chi connectivity index (χ3n) is 4.42. The van der Waals surface area contributed by atoms with Crippen LogP contribution in [0.25, 0.3) is 0 Å². The molecule has 11 heteroatoms. The normalized spacial score (nSPS) is 13.0. The molecule has 0 fully saturated rings. The van der Waals surface area contributed by atoms with Gasteiger partial charge in [-0.15, -0.1) is 0 Å². The lowest BCUT2D eigenvalue weighted by atomic mass is 9.97. The topological polar surface area (TPSA) is 67.8 Å². The zero-order valence-electron chi connectivity index (χ0n) is 15.8. The van der Waals surface area contributed by atoms with E-state index >= 15 is 0 Å². The van der Waals surface area contributed by atoms with Crippen molar-refractivity contribution in [3.8, 4) is 0 Å². The second-order valence-electron chi connectivity index (χ2n) is 6.48. The highest BCUT2D eigenvalue weighted by Gasteiger charge is 2.37. The van der Waals surface area contributed by atoms with Crippen LogP contribution in [0.3, 0.4) is 0 Å². The van der Waals surface area contributed by atoms with Gasteiger partial charge in [-0.3, -0.25) is 9.78 Å². The third-order valence-corrected chi connectivity index (χ3v) is 4.42. The molecule has 0 aliphatic carbocycles. The van der Waals surface area contributed by atoms with Gasteiger partial charge in [-0.05, 0) is 36.8 Å². The van der Waals surface area contributed by atoms with Crippen LogP contribution in [0.5, 0.6) is 0 Å². The van der Waals surface area contributed by atoms with Gasteiger partial charge in [0.15, 0.2) is 0 Å². The molecule has 1 unspecified atom stereocenters. The van der Waals surface area contributed by atoms with E-state index in [4.69, 9.17) is 0 Å². The molecule has 1 aromatic carbocycles. The van der Waals surface area contributed by atoms with E-state index in [0.29, 0.717) is 0 Å². The predicted octanol–water partition coefficient (Wildman–Crippen LogP) is 4.74. The lowest BCUT2D eigenvalue weighted by Gasteiger charge is -2.23. The van der Waals surface area contributed by atoms with Crippen molar-refractivity contribution in [2.45, 2.75) is 25.3 Å². The Balaban J connectivity index is 2.09. The molecule has 1 N–H and O–H groups in total. The Bertz CT molecular complexity index is 1080. The number of benzene rings is 1. The summed E-state index contributed by atoms with van der Waals surface area (Å²) in [6.07, 6.45) is -5.95. The van der Waals surface area contributed by atoms with Crippen LogP contribution in [0.4, 0.5) is 26.3 Å². The van der Waals surface area contributed by atoms with E-state index in [1.54, 1.807) is 0 Å². The number of nitrogens with zero attached hydrogens (tertiary/aromatic N) is 3. The molecule has 0 radical (unpaired) electrons. The maximum atomic E-state index is 13.5. The van der Waals surface area contributed by atoms with Gasteiger partial charge in [-0.25, -0.2) is 9.97 Å². The van der Waals surface area contributed by atoms with Gasteiger partial charge in [-0.2, -0.15) is 26.3 Å². The molecule has 1 amide bonds. The molecule has 0 saturated heterocycles. The van der Waals surface area contributed by atoms with E-state index in [0.717, 1.165) is 42.6 Å². The summed E-state index contributed by atoms with van der Waals surface area (Å²) in [6, 6.07) is 3.82. The van der Waals surface area contributed by atoms with Gasteiger partial charge in [-0.1, -0.05) is 12.1 Å². The summed E-state index contributed by atoms with van der Waals surface area (Å²) in [5.41, 5.74) is -2.40. The zero-order chi connectivity index (χ0) is 22.8. The molecule has 0 aliphatic rings. The average Bonchev–Trinajstić information content (AvgIpc) is 2.71. The van der Waals surface area contributed by atoms with E-state index < -0.39 is 41.1 Å². The van der Waals surface area contributed by atoms with Crippen LogP contribution in [-0.4, -0.2) is 20.9 Å². The molecule has 5 nitrogen and oxygen atoms in total. The van der Waals surface area contributed by atoms with Crippen molar-refractivity contribution in [3.63, 3.8) is 0 Å². The molecule has 1 atom stereocenters. The van der Waals surface area contributed by atoms with Crippen molar-refractivity contribution in [2.75, 3.05) is 0 Å². The first-order valence-electron chi connectivity index (χ1n) is 8.75. The Labute approximate surface area is 172 Å². The summed E-state index contributed by atoms with van der Waals surface area (Å²) in [6.45, 7) is 1.51. The third kappa shape index (κ3) is 4.98. The molecule has 0 spiro atoms. The highest BCUT2D eigenvalue weighted by atomic mass is 19.4. The second-order valence-corrected chi connectivity index (χ2v) is 6.48. The zero-order valence-corrected chi connectivity index (χ0v) is 15.8. The Hall–Kier alpha value is -3.50. The molecule has 2 aromatic heterocycles. The number of amides is 1. The lowest BCUT2D eigenvalue weighted by Crippen LogP contribution is -2.32. The monoisotopic (exact) mass is 440 g/mol. The Morgan fingerprint density at radius 1 is 0.968 bits per heavy atom. The fourth-order valence-corrected chi connectivity index (χ4v) is 2.88. The van der Waals surface area contributed by atoms with Crippen molar-refractivity contribution in [1.29, 1.82) is 0 Å². The number of hydrogen-bond donors (Lipinski definition) is 1. The first-order chi connectivity index (χ1) is 14.5. The number of carbonyl (C=O) groups is 1. The van der Waals surface area contributed by atoms with Crippen LogP contribution in [0, 0.1) is 6.92 Å². The first kappa shape index (κ1) is 22.2. The van der Waals surface area contributed by atoms with Gasteiger partial charge in [0.25, 0.3) is 5.91 Å². The largest absolute Gasteiger partial charge is 0.418 e. The maximum absolute atomic E-state index is 13.5. The standard InChI is InChI=1S/C20H14F6N4O/c1-11-14(9-27-10-29-11)18(31)30-16(12-4-6-13(7-5-12)19(21,22)23)17-15(20(24,25)26)3-2-8-28-17/h2-10,16H,1H3,(H,30,31). The average molecular weight is 440 g/mol. The number of hydrogen-bond acceptors (Lipinski definition) is 4. The van der Waals surface area contributed by atoms with Crippen molar-refractivity contribution in [1.82, 2.24) is 20.3 Å². The van der Waals surface area contributed by atoms with Gasteiger partial charge in [0.05, 0.1) is 34.1 Å². The number of nitrogens with one attached hydrogen (secondary N) is 1. The molecule has 0 bridgehead atoms. The number of alkyl halides is 6. The number of halogens is 6. The van der Waals surface area contributed by atoms with E-state index in [1.165, 1.54) is 19.4 Å². The SMILES string of the molecule is Cc1ncncc1C(=O)NC(c1ccc(C(F)(F)F)cc1)c1ncccc1C(F)(F)F. The lowest BCUT2D eigenvalue weighted by molar-refractivity contribution is -0.139. The molecule has 2 heterocycles. The smallest absolute Gasteiger partial charge is 0.339 e. The summed E-state index contributed by atoms with van der Waals surface area (Å²) in [7, 11) is 0. The number of carbonyl (C=O) groups excluding carboxylic acids is 1. The Kier molecular flexibility index (Phi) is 5.96. The summed E-state index contributed by atoms with van der Waals surface area (Å²) >= 11 is 0. The summed E-state index contributed by atoms with van der Waals surface area (Å²) in [5, 5.41) is 2.41. The van der Waals surface area contributed by atoms with Crippen LogP contribution in [0.15, 0.2) is 55.1 Å². The Morgan fingerprint density at radius 3 is 2.23 bits per heavy atom. The minimum absolute atomic E-state index is 0.00361. The quantitative estimate of drug-likeness (QED) is 0.596. The molecular weight excluding hydrogens is 426 g/mol. The van der Waals surface area contributed by atoms with Crippen LogP contribution >= 0.6 is 0 Å². The molecule has 162 valence electrons. The van der Waals surface area contributed by atoms with Crippen molar-refractivity contribution in [3.05, 3.63) is 88.8 Å². The van der Waals surface area contributed by atoms with Gasteiger partial charge in [0, 0.05) is 12.4 Å². The molecule has 3 aromatic rings. The van der Waals surface area contributed by atoms with Crippen molar-refractivity contribution in [2.24, 2.45) is 0 Å². The second kappa shape index (κ2) is 8.32. The molecule has 0 saturated carbocycles. The summed E-state index contributed by atoms with van der Waals surface area (Å²) in [4.78, 5) is 24.1. The van der Waals surface area contributed by atoms with E-state index in [1.807, 2.05) is 0 Å². The van der Waals surface area contributed by atoms with Crippen LogP contribution in [-0.2, 0) is 12.4 Å². The van der Waals surface area contributed by atoms with Gasteiger partial charge < -0.3 is 5.32 Å². The van der Waals surface area contributed by atoms with Gasteiger partial charge in [0.1, 0.15) is 6.33 Å². The minimum atomic E-state index is -4.80. The van der Waals surface area contributed by atoms with Crippen molar-refractivity contribution >= 4 is 5.91 Å². The minimum Gasteiger partial charge on any atom is -0.339 e. The fraction of sp³-hybridized carbons (Fsp3) is 0.200. The fourth-order valence-electron chi connectivity index (χ4n) is 2.88. The number of rotatable bonds is 4. The first-order valence-corrected chi connectivity index (χ1v) is 8.75. The van der Waals surface area contributed by atoms with Crippen molar-refractivity contribution < 1.29 is 31.1 Å². The molecular formula is C20H14F6N4O. The summed E-state index contributed by atoms with van der Waals surface area (Å²) in [5.74, 6) is -0.804. The van der Waals surface area contributed by atoms with E-state index in [-0.39, 0.29) is 16.8 Å². The highest BCUT2D eigenvalue weighted by Crippen LogP contribution is 2.36.